The largest absolute Gasteiger partial charge is 0.456 e. The normalized spacial score (nSPS) is 11.1. The average Bonchev–Trinajstić information content (AvgIpc) is 2.83. The molecule has 0 saturated carbocycles. The highest BCUT2D eigenvalue weighted by molar-refractivity contribution is 5.76. The van der Waals surface area contributed by atoms with Crippen LogP contribution in [0.4, 0.5) is 0 Å². The van der Waals surface area contributed by atoms with Crippen molar-refractivity contribution in [2.75, 3.05) is 0 Å². The molecule has 0 fully saturated rings. The van der Waals surface area contributed by atoms with Crippen molar-refractivity contribution in [3.8, 4) is 11.7 Å². The van der Waals surface area contributed by atoms with Crippen LogP contribution in [0.25, 0.3) is 22.8 Å². The molecule has 0 amide bonds. The summed E-state index contributed by atoms with van der Waals surface area (Å²) in [5.74, 6) is 2.06. The van der Waals surface area contributed by atoms with E-state index < -0.39 is 0 Å². The minimum absolute atomic E-state index is 0.536. The van der Waals surface area contributed by atoms with Gasteiger partial charge in [0.2, 0.25) is 0 Å². The van der Waals surface area contributed by atoms with Gasteiger partial charge in [0, 0.05) is 0 Å². The van der Waals surface area contributed by atoms with Crippen LogP contribution in [0.15, 0.2) is 39.2 Å². The number of hydrogen-bond donors (Lipinski definition) is 0. The maximum atomic E-state index is 5.62. The molecular formula is C13H11NO2. The SMILES string of the molecule is Cc1ccc2oc(-c3ccc(C)o3)nc2c1. The molecule has 0 N–H and O–H groups in total. The van der Waals surface area contributed by atoms with Crippen molar-refractivity contribution in [3.05, 3.63) is 41.7 Å². The van der Waals surface area contributed by atoms with E-state index in [2.05, 4.69) is 4.98 Å². The van der Waals surface area contributed by atoms with Crippen LogP contribution in [0.1, 0.15) is 11.3 Å². The summed E-state index contributed by atoms with van der Waals surface area (Å²) in [4.78, 5) is 4.40. The zero-order valence-corrected chi connectivity index (χ0v) is 9.15. The van der Waals surface area contributed by atoms with Gasteiger partial charge >= 0.3 is 0 Å². The molecule has 0 unspecified atom stereocenters. The van der Waals surface area contributed by atoms with E-state index in [1.165, 1.54) is 5.56 Å². The predicted molar refractivity (Wildman–Crippen MR) is 61.2 cm³/mol. The molecule has 0 bridgehead atoms. The van der Waals surface area contributed by atoms with Gasteiger partial charge in [0.15, 0.2) is 11.3 Å². The number of hydrogen-bond acceptors (Lipinski definition) is 3. The van der Waals surface area contributed by atoms with Crippen LogP contribution >= 0.6 is 0 Å². The van der Waals surface area contributed by atoms with Crippen LogP contribution in [0, 0.1) is 13.8 Å². The first kappa shape index (κ1) is 9.21. The van der Waals surface area contributed by atoms with E-state index >= 15 is 0 Å². The van der Waals surface area contributed by atoms with Crippen LogP contribution in [0.5, 0.6) is 0 Å². The van der Waals surface area contributed by atoms with Crippen molar-refractivity contribution in [2.24, 2.45) is 0 Å². The van der Waals surface area contributed by atoms with Gasteiger partial charge in [-0.15, -0.1) is 0 Å². The van der Waals surface area contributed by atoms with Gasteiger partial charge in [-0.2, -0.15) is 0 Å². The van der Waals surface area contributed by atoms with Gasteiger partial charge in [-0.05, 0) is 43.7 Å². The van der Waals surface area contributed by atoms with Crippen molar-refractivity contribution in [2.45, 2.75) is 13.8 Å². The summed E-state index contributed by atoms with van der Waals surface area (Å²) in [6.45, 7) is 3.93. The minimum Gasteiger partial charge on any atom is -0.456 e. The molecule has 2 aromatic heterocycles. The molecule has 3 nitrogen and oxygen atoms in total. The third kappa shape index (κ3) is 1.41. The summed E-state index contributed by atoms with van der Waals surface area (Å²) in [6, 6.07) is 9.70. The standard InChI is InChI=1S/C13H11NO2/c1-8-3-5-11-10(7-8)14-13(16-11)12-6-4-9(2)15-12/h3-7H,1-2H3. The molecule has 80 valence electrons. The van der Waals surface area contributed by atoms with E-state index in [9.17, 15) is 0 Å². The number of aromatic nitrogens is 1. The third-order valence-corrected chi connectivity index (χ3v) is 2.49. The summed E-state index contributed by atoms with van der Waals surface area (Å²) in [6.07, 6.45) is 0. The van der Waals surface area contributed by atoms with E-state index in [1.54, 1.807) is 0 Å². The van der Waals surface area contributed by atoms with Gasteiger partial charge in [0.1, 0.15) is 11.3 Å². The molecule has 0 saturated heterocycles. The zero-order chi connectivity index (χ0) is 11.1. The van der Waals surface area contributed by atoms with Crippen LogP contribution in [0.2, 0.25) is 0 Å². The first-order valence-electron chi connectivity index (χ1n) is 5.16. The second-order valence-electron chi connectivity index (χ2n) is 3.90. The summed E-state index contributed by atoms with van der Waals surface area (Å²) in [7, 11) is 0. The average molecular weight is 213 g/mol. The second kappa shape index (κ2) is 3.23. The van der Waals surface area contributed by atoms with Crippen LogP contribution in [-0.2, 0) is 0 Å². The summed E-state index contributed by atoms with van der Waals surface area (Å²) in [5, 5.41) is 0. The van der Waals surface area contributed by atoms with Crippen molar-refractivity contribution < 1.29 is 8.83 Å². The Bertz CT molecular complexity index is 649. The Labute approximate surface area is 92.7 Å². The molecule has 0 spiro atoms. The van der Waals surface area contributed by atoms with Crippen molar-refractivity contribution in [1.82, 2.24) is 4.98 Å². The highest BCUT2D eigenvalue weighted by Crippen LogP contribution is 2.26. The molecule has 0 aliphatic heterocycles. The monoisotopic (exact) mass is 213 g/mol. The van der Waals surface area contributed by atoms with Gasteiger partial charge in [-0.3, -0.25) is 0 Å². The van der Waals surface area contributed by atoms with Crippen molar-refractivity contribution >= 4 is 11.1 Å². The fraction of sp³-hybridized carbons (Fsp3) is 0.154. The molecule has 3 aromatic rings. The summed E-state index contributed by atoms with van der Waals surface area (Å²) >= 11 is 0. The molecule has 2 heterocycles. The number of oxazole rings is 1. The maximum absolute atomic E-state index is 5.62. The third-order valence-electron chi connectivity index (χ3n) is 2.49. The van der Waals surface area contributed by atoms with Crippen LogP contribution in [-0.4, -0.2) is 4.98 Å². The molecule has 16 heavy (non-hydrogen) atoms. The number of nitrogens with zero attached hydrogens (tertiary/aromatic N) is 1. The first-order valence-corrected chi connectivity index (χ1v) is 5.16. The number of furan rings is 1. The Kier molecular flexibility index (Phi) is 1.86. The molecule has 0 radical (unpaired) electrons. The Hall–Kier alpha value is -2.03. The molecule has 3 heteroatoms. The number of fused-ring (bicyclic) bond motifs is 1. The highest BCUT2D eigenvalue weighted by Gasteiger charge is 2.11. The Morgan fingerprint density at radius 3 is 2.62 bits per heavy atom. The number of rotatable bonds is 1. The van der Waals surface area contributed by atoms with Crippen LogP contribution < -0.4 is 0 Å². The molecule has 0 aliphatic carbocycles. The number of benzene rings is 1. The maximum Gasteiger partial charge on any atom is 0.263 e. The second-order valence-corrected chi connectivity index (χ2v) is 3.90. The summed E-state index contributed by atoms with van der Waals surface area (Å²) < 4.78 is 11.1. The van der Waals surface area contributed by atoms with Crippen molar-refractivity contribution in [1.29, 1.82) is 0 Å². The van der Waals surface area contributed by atoms with E-state index in [0.717, 1.165) is 16.9 Å². The lowest BCUT2D eigenvalue weighted by atomic mass is 10.2. The molecule has 3 rings (SSSR count). The molecule has 0 atom stereocenters. The van der Waals surface area contributed by atoms with Gasteiger partial charge < -0.3 is 8.83 Å². The molecule has 0 aliphatic rings. The molecule has 1 aromatic carbocycles. The quantitative estimate of drug-likeness (QED) is 0.618. The Balaban J connectivity index is 2.18. The number of aryl methyl sites for hydroxylation is 2. The van der Waals surface area contributed by atoms with E-state index in [0.29, 0.717) is 11.7 Å². The van der Waals surface area contributed by atoms with Gasteiger partial charge in [0.25, 0.3) is 5.89 Å². The lowest BCUT2D eigenvalue weighted by molar-refractivity contribution is 0.513. The Morgan fingerprint density at radius 2 is 1.88 bits per heavy atom. The van der Waals surface area contributed by atoms with E-state index in [1.807, 2.05) is 44.2 Å². The minimum atomic E-state index is 0.536. The van der Waals surface area contributed by atoms with Crippen molar-refractivity contribution in [3.63, 3.8) is 0 Å². The topological polar surface area (TPSA) is 39.2 Å². The van der Waals surface area contributed by atoms with Gasteiger partial charge in [-0.25, -0.2) is 4.98 Å². The van der Waals surface area contributed by atoms with Crippen LogP contribution in [0.3, 0.4) is 0 Å². The summed E-state index contributed by atoms with van der Waals surface area (Å²) in [5.41, 5.74) is 2.82. The highest BCUT2D eigenvalue weighted by atomic mass is 16.4. The predicted octanol–water partition coefficient (Wildman–Crippen LogP) is 3.70. The lowest BCUT2D eigenvalue weighted by Gasteiger charge is -1.87. The smallest absolute Gasteiger partial charge is 0.263 e. The van der Waals surface area contributed by atoms with E-state index in [4.69, 9.17) is 8.83 Å². The Morgan fingerprint density at radius 1 is 1.00 bits per heavy atom. The zero-order valence-electron chi connectivity index (χ0n) is 9.15. The van der Waals surface area contributed by atoms with Gasteiger partial charge in [0.05, 0.1) is 0 Å². The van der Waals surface area contributed by atoms with E-state index in [-0.39, 0.29) is 0 Å². The fourth-order valence-corrected chi connectivity index (χ4v) is 1.69. The first-order chi connectivity index (χ1) is 7.72. The molecular weight excluding hydrogens is 202 g/mol. The lowest BCUT2D eigenvalue weighted by Crippen LogP contribution is -1.72. The van der Waals surface area contributed by atoms with Gasteiger partial charge in [-0.1, -0.05) is 6.07 Å². The fourth-order valence-electron chi connectivity index (χ4n) is 1.69.